The summed E-state index contributed by atoms with van der Waals surface area (Å²) in [4.78, 5) is 15.1. The minimum Gasteiger partial charge on any atom is -0.480 e. The van der Waals surface area contributed by atoms with Crippen molar-refractivity contribution in [3.05, 3.63) is 12.4 Å². The van der Waals surface area contributed by atoms with E-state index in [1.54, 1.807) is 11.6 Å². The summed E-state index contributed by atoms with van der Waals surface area (Å²) in [5, 5.41) is 13.1. The van der Waals surface area contributed by atoms with Gasteiger partial charge in [-0.2, -0.15) is 5.10 Å². The molecular weight excluding hydrogens is 220 g/mol. The van der Waals surface area contributed by atoms with E-state index in [9.17, 15) is 4.79 Å². The number of aliphatic carboxylic acids is 1. The molecule has 0 aromatic carbocycles. The Morgan fingerprint density at radius 3 is 2.53 bits per heavy atom. The molecule has 2 rings (SSSR count). The Morgan fingerprint density at radius 2 is 2.06 bits per heavy atom. The van der Waals surface area contributed by atoms with Crippen molar-refractivity contribution in [2.45, 2.75) is 13.0 Å². The highest BCUT2D eigenvalue weighted by Gasteiger charge is 2.25. The van der Waals surface area contributed by atoms with E-state index < -0.39 is 12.0 Å². The first-order valence-electron chi connectivity index (χ1n) is 5.78. The average molecular weight is 238 g/mol. The molecule has 1 fully saturated rings. The van der Waals surface area contributed by atoms with Crippen LogP contribution in [0.1, 0.15) is 6.92 Å². The number of aryl methyl sites for hydroxylation is 1. The lowest BCUT2D eigenvalue weighted by atomic mass is 10.2. The van der Waals surface area contributed by atoms with Crippen molar-refractivity contribution in [3.8, 4) is 0 Å². The smallest absolute Gasteiger partial charge is 0.320 e. The van der Waals surface area contributed by atoms with Gasteiger partial charge in [0, 0.05) is 39.4 Å². The van der Waals surface area contributed by atoms with Crippen molar-refractivity contribution in [2.75, 3.05) is 31.1 Å². The fourth-order valence-electron chi connectivity index (χ4n) is 2.10. The fourth-order valence-corrected chi connectivity index (χ4v) is 2.10. The summed E-state index contributed by atoms with van der Waals surface area (Å²) in [6, 6.07) is -0.397. The summed E-state index contributed by atoms with van der Waals surface area (Å²) in [6.45, 7) is 5.00. The standard InChI is InChI=1S/C11H18N4O2/c1-9(11(16)17)14-3-5-15(6-4-14)10-7-12-13(2)8-10/h7-9H,3-6H2,1-2H3,(H,16,17). The van der Waals surface area contributed by atoms with Crippen molar-refractivity contribution in [1.29, 1.82) is 0 Å². The van der Waals surface area contributed by atoms with E-state index in [4.69, 9.17) is 5.11 Å². The highest BCUT2D eigenvalue weighted by atomic mass is 16.4. The van der Waals surface area contributed by atoms with Gasteiger partial charge in [-0.05, 0) is 6.92 Å². The van der Waals surface area contributed by atoms with E-state index in [-0.39, 0.29) is 0 Å². The molecule has 0 bridgehead atoms. The minimum absolute atomic E-state index is 0.397. The molecule has 1 aromatic heterocycles. The molecule has 0 amide bonds. The molecule has 0 saturated carbocycles. The number of carbonyl (C=O) groups is 1. The first kappa shape index (κ1) is 11.9. The fraction of sp³-hybridized carbons (Fsp3) is 0.636. The van der Waals surface area contributed by atoms with Gasteiger partial charge in [0.05, 0.1) is 11.9 Å². The molecule has 17 heavy (non-hydrogen) atoms. The molecule has 6 nitrogen and oxygen atoms in total. The van der Waals surface area contributed by atoms with Gasteiger partial charge in [0.2, 0.25) is 0 Å². The van der Waals surface area contributed by atoms with Gasteiger partial charge >= 0.3 is 5.97 Å². The van der Waals surface area contributed by atoms with Crippen LogP contribution in [-0.4, -0.2) is 58.0 Å². The SMILES string of the molecule is CC(C(=O)O)N1CCN(c2cnn(C)c2)CC1. The van der Waals surface area contributed by atoms with Gasteiger partial charge in [0.25, 0.3) is 0 Å². The summed E-state index contributed by atoms with van der Waals surface area (Å²) >= 11 is 0. The lowest BCUT2D eigenvalue weighted by Crippen LogP contribution is -2.51. The third kappa shape index (κ3) is 2.58. The van der Waals surface area contributed by atoms with Crippen LogP contribution in [0.2, 0.25) is 0 Å². The predicted molar refractivity (Wildman–Crippen MR) is 64.1 cm³/mol. The van der Waals surface area contributed by atoms with E-state index in [0.717, 1.165) is 31.9 Å². The molecule has 6 heteroatoms. The Bertz CT molecular complexity index is 396. The highest BCUT2D eigenvalue weighted by molar-refractivity contribution is 5.72. The van der Waals surface area contributed by atoms with Gasteiger partial charge in [-0.1, -0.05) is 0 Å². The van der Waals surface area contributed by atoms with Crippen LogP contribution in [0.25, 0.3) is 0 Å². The number of carboxylic acid groups (broad SMARTS) is 1. The summed E-state index contributed by atoms with van der Waals surface area (Å²) in [5.41, 5.74) is 1.11. The van der Waals surface area contributed by atoms with Crippen LogP contribution >= 0.6 is 0 Å². The monoisotopic (exact) mass is 238 g/mol. The maximum atomic E-state index is 10.9. The molecule has 1 atom stereocenters. The van der Waals surface area contributed by atoms with Crippen LogP contribution in [0.3, 0.4) is 0 Å². The van der Waals surface area contributed by atoms with Gasteiger partial charge < -0.3 is 10.0 Å². The van der Waals surface area contributed by atoms with Crippen LogP contribution in [0, 0.1) is 0 Å². The van der Waals surface area contributed by atoms with E-state index in [0.29, 0.717) is 0 Å². The number of rotatable bonds is 3. The summed E-state index contributed by atoms with van der Waals surface area (Å²) in [7, 11) is 1.90. The van der Waals surface area contributed by atoms with Gasteiger partial charge in [0.15, 0.2) is 0 Å². The maximum absolute atomic E-state index is 10.9. The van der Waals surface area contributed by atoms with Gasteiger partial charge in [-0.15, -0.1) is 0 Å². The molecule has 94 valence electrons. The number of piperazine rings is 1. The Labute approximate surface area is 100 Å². The number of carboxylic acids is 1. The zero-order valence-electron chi connectivity index (χ0n) is 10.2. The van der Waals surface area contributed by atoms with Crippen LogP contribution in [-0.2, 0) is 11.8 Å². The first-order chi connectivity index (χ1) is 8.08. The molecule has 1 aliphatic heterocycles. The number of hydrogen-bond donors (Lipinski definition) is 1. The zero-order valence-corrected chi connectivity index (χ0v) is 10.2. The van der Waals surface area contributed by atoms with E-state index in [1.165, 1.54) is 0 Å². The minimum atomic E-state index is -0.750. The number of hydrogen-bond acceptors (Lipinski definition) is 4. The first-order valence-corrected chi connectivity index (χ1v) is 5.78. The van der Waals surface area contributed by atoms with Crippen molar-refractivity contribution in [1.82, 2.24) is 14.7 Å². The van der Waals surface area contributed by atoms with Crippen LogP contribution in [0.15, 0.2) is 12.4 Å². The maximum Gasteiger partial charge on any atom is 0.320 e. The molecule has 0 aliphatic carbocycles. The largest absolute Gasteiger partial charge is 0.480 e. The number of nitrogens with zero attached hydrogens (tertiary/aromatic N) is 4. The lowest BCUT2D eigenvalue weighted by Gasteiger charge is -2.37. The molecule has 1 N–H and O–H groups in total. The lowest BCUT2D eigenvalue weighted by molar-refractivity contribution is -0.142. The summed E-state index contributed by atoms with van der Waals surface area (Å²) in [6.07, 6.45) is 3.83. The highest BCUT2D eigenvalue weighted by Crippen LogP contribution is 2.15. The third-order valence-electron chi connectivity index (χ3n) is 3.28. The second-order valence-electron chi connectivity index (χ2n) is 4.41. The number of aromatic nitrogens is 2. The van der Waals surface area contributed by atoms with Gasteiger partial charge in [0.1, 0.15) is 6.04 Å². The summed E-state index contributed by atoms with van der Waals surface area (Å²) < 4.78 is 1.78. The second-order valence-corrected chi connectivity index (χ2v) is 4.41. The molecular formula is C11H18N4O2. The van der Waals surface area contributed by atoms with Crippen LogP contribution in [0.5, 0.6) is 0 Å². The second kappa shape index (κ2) is 4.75. The Kier molecular flexibility index (Phi) is 3.33. The molecule has 1 aliphatic rings. The Hall–Kier alpha value is -1.56. The predicted octanol–water partition coefficient (Wildman–Crippen LogP) is 0.0152. The molecule has 1 unspecified atom stereocenters. The Balaban J connectivity index is 1.92. The zero-order chi connectivity index (χ0) is 12.4. The normalized spacial score (nSPS) is 19.3. The van der Waals surface area contributed by atoms with Crippen molar-refractivity contribution >= 4 is 11.7 Å². The van der Waals surface area contributed by atoms with Crippen molar-refractivity contribution < 1.29 is 9.90 Å². The van der Waals surface area contributed by atoms with Crippen LogP contribution < -0.4 is 4.90 Å². The Morgan fingerprint density at radius 1 is 1.41 bits per heavy atom. The summed E-state index contributed by atoms with van der Waals surface area (Å²) in [5.74, 6) is -0.750. The molecule has 1 aromatic rings. The number of anilines is 1. The van der Waals surface area contributed by atoms with Crippen LogP contribution in [0.4, 0.5) is 5.69 Å². The third-order valence-corrected chi connectivity index (χ3v) is 3.28. The average Bonchev–Trinajstić information content (AvgIpc) is 2.75. The molecule has 1 saturated heterocycles. The van der Waals surface area contributed by atoms with Gasteiger partial charge in [-0.25, -0.2) is 0 Å². The molecule has 0 radical (unpaired) electrons. The molecule has 0 spiro atoms. The van der Waals surface area contributed by atoms with Gasteiger partial charge in [-0.3, -0.25) is 14.4 Å². The topological polar surface area (TPSA) is 61.6 Å². The van der Waals surface area contributed by atoms with E-state index in [1.807, 2.05) is 24.3 Å². The van der Waals surface area contributed by atoms with Crippen molar-refractivity contribution in [2.24, 2.45) is 7.05 Å². The van der Waals surface area contributed by atoms with Crippen molar-refractivity contribution in [3.63, 3.8) is 0 Å². The van der Waals surface area contributed by atoms with E-state index >= 15 is 0 Å². The quantitative estimate of drug-likeness (QED) is 0.804. The van der Waals surface area contributed by atoms with E-state index in [2.05, 4.69) is 10.00 Å². The molecule has 2 heterocycles.